The van der Waals surface area contributed by atoms with E-state index in [9.17, 15) is 0 Å². The van der Waals surface area contributed by atoms with Crippen molar-refractivity contribution in [3.8, 4) is 0 Å². The molecule has 80 valence electrons. The highest BCUT2D eigenvalue weighted by Crippen LogP contribution is 2.13. The first kappa shape index (κ1) is 12.0. The monoisotopic (exact) mass is 217 g/mol. The lowest BCUT2D eigenvalue weighted by atomic mass is 10.2. The van der Waals surface area contributed by atoms with Gasteiger partial charge >= 0.3 is 0 Å². The minimum atomic E-state index is 0.905. The highest BCUT2D eigenvalue weighted by Gasteiger charge is 2.04. The molecule has 0 saturated heterocycles. The summed E-state index contributed by atoms with van der Waals surface area (Å²) < 4.78 is 0. The number of hydrogen-bond donors (Lipinski definition) is 1. The molecule has 0 aliphatic carbocycles. The molecule has 1 aromatic rings. The van der Waals surface area contributed by atoms with Crippen LogP contribution in [0.4, 0.5) is 5.69 Å². The summed E-state index contributed by atoms with van der Waals surface area (Å²) in [6, 6.07) is 7.73. The van der Waals surface area contributed by atoms with Gasteiger partial charge in [0.1, 0.15) is 0 Å². The molecule has 0 heterocycles. The Balaban J connectivity index is 2.81. The topological polar surface area (TPSA) is 12.0 Å². The molecule has 0 spiro atoms. The molecule has 0 bridgehead atoms. The molecule has 2 heteroatoms. The highest BCUT2D eigenvalue weighted by atomic mass is 28.2. The summed E-state index contributed by atoms with van der Waals surface area (Å²) in [5, 5.41) is 4.65. The zero-order chi connectivity index (χ0) is 11.1. The zero-order valence-electron chi connectivity index (χ0n) is 9.64. The van der Waals surface area contributed by atoms with Crippen LogP contribution >= 0.6 is 0 Å². The molecule has 0 saturated carbocycles. The van der Waals surface area contributed by atoms with Crippen molar-refractivity contribution in [2.24, 2.45) is 0 Å². The van der Waals surface area contributed by atoms with Crippen LogP contribution in [0.1, 0.15) is 25.3 Å². The first-order chi connectivity index (χ1) is 7.33. The van der Waals surface area contributed by atoms with Gasteiger partial charge in [0, 0.05) is 12.7 Å². The van der Waals surface area contributed by atoms with Crippen LogP contribution in [0.25, 0.3) is 6.08 Å². The van der Waals surface area contributed by atoms with Crippen molar-refractivity contribution in [2.75, 3.05) is 12.4 Å². The third-order valence-corrected chi connectivity index (χ3v) is 3.85. The molecular weight excluding hydrogens is 198 g/mol. The number of unbranched alkanes of at least 4 members (excludes halogenated alkanes) is 1. The average Bonchev–Trinajstić information content (AvgIpc) is 2.29. The van der Waals surface area contributed by atoms with E-state index in [0.717, 1.165) is 9.52 Å². The van der Waals surface area contributed by atoms with E-state index in [1.54, 1.807) is 0 Å². The molecule has 0 unspecified atom stereocenters. The molecule has 0 amide bonds. The van der Waals surface area contributed by atoms with Crippen molar-refractivity contribution in [1.82, 2.24) is 0 Å². The molecule has 0 atom stereocenters. The standard InChI is InChI=1S/C13H19NSi/c1-4-6-10-15-13-9-7-8-12(14-3)11(13)5-2/h5,7-9,14H,2,4,6,10H2,1,3H3. The van der Waals surface area contributed by atoms with E-state index in [4.69, 9.17) is 0 Å². The van der Waals surface area contributed by atoms with Crippen molar-refractivity contribution < 1.29 is 0 Å². The second kappa shape index (κ2) is 6.46. The largest absolute Gasteiger partial charge is 0.388 e. The quantitative estimate of drug-likeness (QED) is 0.571. The molecule has 1 aromatic carbocycles. The predicted molar refractivity (Wildman–Crippen MR) is 71.2 cm³/mol. The summed E-state index contributed by atoms with van der Waals surface area (Å²) in [4.78, 5) is 0. The van der Waals surface area contributed by atoms with Crippen LogP contribution < -0.4 is 10.5 Å². The molecule has 0 fully saturated rings. The third kappa shape index (κ3) is 3.24. The van der Waals surface area contributed by atoms with Crippen LogP contribution in [0.2, 0.25) is 6.04 Å². The lowest BCUT2D eigenvalue weighted by molar-refractivity contribution is 0.881. The molecule has 0 aromatic heterocycles. The summed E-state index contributed by atoms with van der Waals surface area (Å²) in [6.45, 7) is 6.13. The third-order valence-electron chi connectivity index (χ3n) is 2.43. The Morgan fingerprint density at radius 3 is 2.87 bits per heavy atom. The Labute approximate surface area is 95.4 Å². The van der Waals surface area contributed by atoms with Crippen LogP contribution in [0.15, 0.2) is 24.8 Å². The number of rotatable bonds is 6. The SMILES string of the molecule is C=Cc1c(NC)cccc1[Si]CCCC. The first-order valence-corrected chi connectivity index (χ1v) is 6.71. The van der Waals surface area contributed by atoms with E-state index in [1.807, 2.05) is 13.1 Å². The second-order valence-corrected chi connectivity index (χ2v) is 4.89. The Bertz CT molecular complexity index is 320. The van der Waals surface area contributed by atoms with Crippen molar-refractivity contribution in [1.29, 1.82) is 0 Å². The maximum atomic E-state index is 3.89. The minimum Gasteiger partial charge on any atom is -0.388 e. The first-order valence-electron chi connectivity index (χ1n) is 5.50. The number of hydrogen-bond acceptors (Lipinski definition) is 1. The van der Waals surface area contributed by atoms with Gasteiger partial charge in [0.15, 0.2) is 0 Å². The molecular formula is C13H19NSi. The summed E-state index contributed by atoms with van der Waals surface area (Å²) in [5.74, 6) is 0. The number of nitrogens with one attached hydrogen (secondary N) is 1. The van der Waals surface area contributed by atoms with E-state index in [2.05, 4.69) is 37.0 Å². The maximum absolute atomic E-state index is 3.89. The lowest BCUT2D eigenvalue weighted by Crippen LogP contribution is -2.18. The van der Waals surface area contributed by atoms with E-state index in [-0.39, 0.29) is 0 Å². The van der Waals surface area contributed by atoms with Gasteiger partial charge in [-0.25, -0.2) is 0 Å². The molecule has 2 radical (unpaired) electrons. The van der Waals surface area contributed by atoms with Gasteiger partial charge in [-0.15, -0.1) is 0 Å². The minimum absolute atomic E-state index is 0.905. The van der Waals surface area contributed by atoms with Crippen LogP contribution in [0.3, 0.4) is 0 Å². The van der Waals surface area contributed by atoms with Crippen LogP contribution in [0, 0.1) is 0 Å². The summed E-state index contributed by atoms with van der Waals surface area (Å²) >= 11 is 0. The van der Waals surface area contributed by atoms with E-state index < -0.39 is 0 Å². The molecule has 15 heavy (non-hydrogen) atoms. The van der Waals surface area contributed by atoms with Gasteiger partial charge in [0.25, 0.3) is 0 Å². The zero-order valence-corrected chi connectivity index (χ0v) is 10.6. The Kier molecular flexibility index (Phi) is 5.19. The highest BCUT2D eigenvalue weighted by molar-refractivity contribution is 6.54. The molecule has 1 rings (SSSR count). The molecule has 0 aliphatic rings. The van der Waals surface area contributed by atoms with E-state index in [0.29, 0.717) is 0 Å². The fourth-order valence-corrected chi connectivity index (χ4v) is 3.00. The van der Waals surface area contributed by atoms with Crippen molar-refractivity contribution in [3.63, 3.8) is 0 Å². The van der Waals surface area contributed by atoms with E-state index >= 15 is 0 Å². The average molecular weight is 217 g/mol. The molecule has 1 nitrogen and oxygen atoms in total. The maximum Gasteiger partial charge on any atom is 0.0817 e. The lowest BCUT2D eigenvalue weighted by Gasteiger charge is -2.10. The second-order valence-electron chi connectivity index (χ2n) is 3.50. The van der Waals surface area contributed by atoms with Crippen LogP contribution in [-0.2, 0) is 0 Å². The van der Waals surface area contributed by atoms with Gasteiger partial charge < -0.3 is 5.32 Å². The van der Waals surface area contributed by atoms with Crippen molar-refractivity contribution in [2.45, 2.75) is 25.8 Å². The predicted octanol–water partition coefficient (Wildman–Crippen LogP) is 2.92. The summed E-state index contributed by atoms with van der Waals surface area (Å²) in [7, 11) is 2.86. The van der Waals surface area contributed by atoms with Gasteiger partial charge in [0.05, 0.1) is 9.52 Å². The number of anilines is 1. The van der Waals surface area contributed by atoms with Gasteiger partial charge in [-0.05, 0) is 11.6 Å². The van der Waals surface area contributed by atoms with Crippen molar-refractivity contribution >= 4 is 26.5 Å². The normalized spacial score (nSPS) is 10.0. The summed E-state index contributed by atoms with van der Waals surface area (Å²) in [6.07, 6.45) is 4.56. The smallest absolute Gasteiger partial charge is 0.0817 e. The van der Waals surface area contributed by atoms with Gasteiger partial charge in [-0.3, -0.25) is 0 Å². The Morgan fingerprint density at radius 2 is 2.27 bits per heavy atom. The number of benzene rings is 1. The molecule has 0 aliphatic heterocycles. The summed E-state index contributed by atoms with van der Waals surface area (Å²) in [5.41, 5.74) is 2.46. The molecule has 1 N–H and O–H groups in total. The van der Waals surface area contributed by atoms with Gasteiger partial charge in [-0.1, -0.05) is 55.8 Å². The van der Waals surface area contributed by atoms with Gasteiger partial charge in [-0.2, -0.15) is 0 Å². The Morgan fingerprint density at radius 1 is 1.47 bits per heavy atom. The van der Waals surface area contributed by atoms with Crippen LogP contribution in [0.5, 0.6) is 0 Å². The Hall–Kier alpha value is -1.02. The fraction of sp³-hybridized carbons (Fsp3) is 0.385. The van der Waals surface area contributed by atoms with Gasteiger partial charge in [0.2, 0.25) is 0 Å². The van der Waals surface area contributed by atoms with E-state index in [1.165, 1.54) is 35.3 Å². The van der Waals surface area contributed by atoms with Crippen molar-refractivity contribution in [3.05, 3.63) is 30.3 Å². The van der Waals surface area contributed by atoms with Crippen LogP contribution in [-0.4, -0.2) is 16.6 Å². The fourth-order valence-electron chi connectivity index (χ4n) is 1.56.